The predicted octanol–water partition coefficient (Wildman–Crippen LogP) is 2.45. The molecule has 3 fully saturated rings. The third-order valence-electron chi connectivity index (χ3n) is 5.93. The van der Waals surface area contributed by atoms with Gasteiger partial charge in [-0.05, 0) is 37.9 Å². The molecule has 3 N–H and O–H groups in total. The average molecular weight is 447 g/mol. The fraction of sp³-hybridized carbons (Fsp3) is 0.400. The first-order valence-electron chi connectivity index (χ1n) is 10.2. The van der Waals surface area contributed by atoms with Crippen LogP contribution in [0.5, 0.6) is 5.75 Å². The summed E-state index contributed by atoms with van der Waals surface area (Å²) in [6, 6.07) is 2.41. The second-order valence-corrected chi connectivity index (χ2v) is 7.96. The van der Waals surface area contributed by atoms with E-state index in [9.17, 15) is 18.0 Å². The Hall–Kier alpha value is -3.41. The van der Waals surface area contributed by atoms with Gasteiger partial charge in [0.15, 0.2) is 11.5 Å². The summed E-state index contributed by atoms with van der Waals surface area (Å²) in [5.74, 6) is -0.114. The zero-order chi connectivity index (χ0) is 22.5. The number of fused-ring (bicyclic) bond motifs is 4. The Morgan fingerprint density at radius 3 is 2.72 bits per heavy atom. The second-order valence-electron chi connectivity index (χ2n) is 7.96. The molecule has 9 nitrogen and oxygen atoms in total. The van der Waals surface area contributed by atoms with Crippen LogP contribution in [0.15, 0.2) is 30.7 Å². The molecule has 2 bridgehead atoms. The number of carbonyl (C=O) groups excluding carboxylic acids is 1. The van der Waals surface area contributed by atoms with Crippen LogP contribution in [0.2, 0.25) is 0 Å². The summed E-state index contributed by atoms with van der Waals surface area (Å²) in [6.07, 6.45) is 1.47. The van der Waals surface area contributed by atoms with Gasteiger partial charge in [-0.25, -0.2) is 9.50 Å². The van der Waals surface area contributed by atoms with E-state index in [1.54, 1.807) is 12.3 Å². The van der Waals surface area contributed by atoms with Crippen molar-refractivity contribution in [3.05, 3.63) is 42.0 Å². The van der Waals surface area contributed by atoms with E-state index in [0.29, 0.717) is 17.4 Å². The number of nitrogen functional groups attached to an aromatic ring is 1. The Morgan fingerprint density at radius 2 is 2.03 bits per heavy atom. The highest BCUT2D eigenvalue weighted by Crippen LogP contribution is 2.34. The smallest absolute Gasteiger partial charge is 0.433 e. The molecule has 6 heterocycles. The summed E-state index contributed by atoms with van der Waals surface area (Å²) < 4.78 is 46.5. The monoisotopic (exact) mass is 447 g/mol. The number of aromatic nitrogens is 4. The fourth-order valence-electron chi connectivity index (χ4n) is 4.29. The molecule has 0 saturated carbocycles. The molecule has 32 heavy (non-hydrogen) atoms. The van der Waals surface area contributed by atoms with Crippen LogP contribution < -0.4 is 15.8 Å². The molecule has 3 saturated heterocycles. The minimum Gasteiger partial charge on any atom is -0.487 e. The minimum absolute atomic E-state index is 0.00592. The fourth-order valence-corrected chi connectivity index (χ4v) is 4.29. The summed E-state index contributed by atoms with van der Waals surface area (Å²) >= 11 is 0. The number of carbonyl (C=O) groups is 1. The maximum absolute atomic E-state index is 13.1. The van der Waals surface area contributed by atoms with Crippen LogP contribution in [0.25, 0.3) is 5.65 Å². The number of anilines is 2. The van der Waals surface area contributed by atoms with Gasteiger partial charge in [-0.15, -0.1) is 5.10 Å². The highest BCUT2D eigenvalue weighted by Gasteiger charge is 2.36. The number of alkyl halides is 3. The summed E-state index contributed by atoms with van der Waals surface area (Å²) in [5.41, 5.74) is 4.43. The van der Waals surface area contributed by atoms with Gasteiger partial charge in [0.1, 0.15) is 28.8 Å². The number of ether oxygens (including phenoxy) is 1. The molecule has 0 spiro atoms. The Kier molecular flexibility index (Phi) is 4.88. The Labute approximate surface area is 180 Å². The molecule has 1 amide bonds. The van der Waals surface area contributed by atoms with E-state index in [-0.39, 0.29) is 23.1 Å². The van der Waals surface area contributed by atoms with Crippen molar-refractivity contribution < 1.29 is 22.7 Å². The molecule has 6 rings (SSSR count). The number of pyridine rings is 1. The van der Waals surface area contributed by atoms with Gasteiger partial charge in [-0.3, -0.25) is 14.7 Å². The molecular formula is C20H20F3N7O2. The number of halogens is 3. The molecule has 3 aliphatic rings. The number of nitrogens with two attached hydrogens (primary N) is 1. The van der Waals surface area contributed by atoms with Crippen LogP contribution in [-0.2, 0) is 6.18 Å². The molecule has 3 aromatic heterocycles. The van der Waals surface area contributed by atoms with E-state index in [2.05, 4.69) is 25.3 Å². The highest BCUT2D eigenvalue weighted by atomic mass is 19.4. The SMILES string of the molecule is Nc1nn2ccc(C(F)(F)F)nc2c1C(=O)Nc1cnccc1OC1CN2CCC1CC2. The highest BCUT2D eigenvalue weighted by molar-refractivity contribution is 6.12. The Balaban J connectivity index is 1.42. The van der Waals surface area contributed by atoms with Gasteiger partial charge in [-0.2, -0.15) is 13.2 Å². The summed E-state index contributed by atoms with van der Waals surface area (Å²) in [7, 11) is 0. The molecule has 3 aromatic rings. The molecule has 168 valence electrons. The lowest BCUT2D eigenvalue weighted by Crippen LogP contribution is -2.52. The summed E-state index contributed by atoms with van der Waals surface area (Å²) in [6.45, 7) is 2.93. The van der Waals surface area contributed by atoms with Crippen LogP contribution in [0.4, 0.5) is 24.7 Å². The van der Waals surface area contributed by atoms with Gasteiger partial charge in [0.25, 0.3) is 5.91 Å². The Bertz CT molecular complexity index is 1170. The number of piperidine rings is 3. The quantitative estimate of drug-likeness (QED) is 0.632. The average Bonchev–Trinajstić information content (AvgIpc) is 3.10. The van der Waals surface area contributed by atoms with Crippen molar-refractivity contribution >= 4 is 23.1 Å². The van der Waals surface area contributed by atoms with Gasteiger partial charge in [0.05, 0.1) is 6.20 Å². The van der Waals surface area contributed by atoms with Crippen LogP contribution >= 0.6 is 0 Å². The van der Waals surface area contributed by atoms with Crippen LogP contribution in [-0.4, -0.2) is 56.1 Å². The van der Waals surface area contributed by atoms with E-state index in [0.717, 1.165) is 49.3 Å². The lowest BCUT2D eigenvalue weighted by Gasteiger charge is -2.44. The first kappa shape index (κ1) is 20.5. The van der Waals surface area contributed by atoms with Gasteiger partial charge < -0.3 is 15.8 Å². The zero-order valence-electron chi connectivity index (χ0n) is 16.8. The van der Waals surface area contributed by atoms with E-state index < -0.39 is 17.8 Å². The van der Waals surface area contributed by atoms with Crippen LogP contribution in [0.1, 0.15) is 28.9 Å². The van der Waals surface area contributed by atoms with E-state index in [1.807, 2.05) is 0 Å². The zero-order valence-corrected chi connectivity index (χ0v) is 16.8. The van der Waals surface area contributed by atoms with Crippen molar-refractivity contribution in [1.29, 1.82) is 0 Å². The lowest BCUT2D eigenvalue weighted by molar-refractivity contribution is -0.141. The van der Waals surface area contributed by atoms with E-state index in [1.165, 1.54) is 6.20 Å². The molecule has 3 aliphatic heterocycles. The molecule has 12 heteroatoms. The number of hydrogen-bond donors (Lipinski definition) is 2. The largest absolute Gasteiger partial charge is 0.487 e. The maximum atomic E-state index is 13.1. The van der Waals surface area contributed by atoms with E-state index in [4.69, 9.17) is 10.5 Å². The standard InChI is InChI=1S/C20H20F3N7O2/c21-20(22,23)15-4-8-30-18(27-15)16(17(24)28-30)19(31)26-12-9-25-5-1-13(12)32-14-10-29-6-2-11(14)3-7-29/h1,4-5,8-9,11,14H,2-3,6-7,10H2,(H2,24,28)(H,26,31). The molecular weight excluding hydrogens is 427 g/mol. The maximum Gasteiger partial charge on any atom is 0.433 e. The number of nitrogens with one attached hydrogen (secondary N) is 1. The molecule has 0 radical (unpaired) electrons. The minimum atomic E-state index is -4.67. The number of hydrogen-bond acceptors (Lipinski definition) is 7. The van der Waals surface area contributed by atoms with Crippen molar-refractivity contribution in [3.8, 4) is 5.75 Å². The Morgan fingerprint density at radius 1 is 1.25 bits per heavy atom. The number of rotatable bonds is 4. The van der Waals surface area contributed by atoms with Crippen molar-refractivity contribution in [2.45, 2.75) is 25.1 Å². The number of nitrogens with zero attached hydrogens (tertiary/aromatic N) is 5. The molecule has 0 aromatic carbocycles. The third-order valence-corrected chi connectivity index (χ3v) is 5.93. The topological polar surface area (TPSA) is 111 Å². The molecule has 0 aliphatic carbocycles. The van der Waals surface area contributed by atoms with Gasteiger partial charge in [-0.1, -0.05) is 0 Å². The summed E-state index contributed by atoms with van der Waals surface area (Å²) in [4.78, 5) is 22.9. The van der Waals surface area contributed by atoms with Crippen molar-refractivity contribution in [3.63, 3.8) is 0 Å². The summed E-state index contributed by atoms with van der Waals surface area (Å²) in [5, 5.41) is 6.54. The number of amides is 1. The predicted molar refractivity (Wildman–Crippen MR) is 108 cm³/mol. The van der Waals surface area contributed by atoms with Crippen LogP contribution in [0, 0.1) is 5.92 Å². The van der Waals surface area contributed by atoms with Gasteiger partial charge >= 0.3 is 6.18 Å². The van der Waals surface area contributed by atoms with Crippen molar-refractivity contribution in [2.24, 2.45) is 5.92 Å². The first-order chi connectivity index (χ1) is 15.3. The van der Waals surface area contributed by atoms with Crippen LogP contribution in [0.3, 0.4) is 0 Å². The normalized spacial score (nSPS) is 22.8. The van der Waals surface area contributed by atoms with Crippen molar-refractivity contribution in [1.82, 2.24) is 24.5 Å². The van der Waals surface area contributed by atoms with Gasteiger partial charge in [0.2, 0.25) is 0 Å². The van der Waals surface area contributed by atoms with Gasteiger partial charge in [0, 0.05) is 25.0 Å². The lowest BCUT2D eigenvalue weighted by atomic mass is 9.86. The van der Waals surface area contributed by atoms with Crippen molar-refractivity contribution in [2.75, 3.05) is 30.7 Å². The van der Waals surface area contributed by atoms with E-state index >= 15 is 0 Å². The third kappa shape index (κ3) is 3.70. The molecule has 1 unspecified atom stereocenters. The second kappa shape index (κ2) is 7.62. The molecule has 1 atom stereocenters. The first-order valence-corrected chi connectivity index (χ1v) is 10.2.